The summed E-state index contributed by atoms with van der Waals surface area (Å²) in [5.41, 5.74) is 7.24. The fraction of sp³-hybridized carbons (Fsp3) is 0.562. The molecule has 3 atom stereocenters. The van der Waals surface area contributed by atoms with Gasteiger partial charge in [0, 0.05) is 37.6 Å². The summed E-state index contributed by atoms with van der Waals surface area (Å²) in [7, 11) is 0. The summed E-state index contributed by atoms with van der Waals surface area (Å²) in [5.74, 6) is 0.219. The van der Waals surface area contributed by atoms with Crippen molar-refractivity contribution in [1.82, 2.24) is 10.2 Å². The van der Waals surface area contributed by atoms with Gasteiger partial charge in [0.25, 0.3) is 0 Å². The topological polar surface area (TPSA) is 58.4 Å². The molecule has 1 heterocycles. The van der Waals surface area contributed by atoms with E-state index in [9.17, 15) is 4.79 Å². The van der Waals surface area contributed by atoms with Crippen LogP contribution in [0.4, 0.5) is 0 Å². The number of benzene rings is 1. The Hall–Kier alpha value is -1.10. The fourth-order valence-corrected chi connectivity index (χ4v) is 2.83. The number of nitrogens with one attached hydrogen (secondary N) is 1. The summed E-state index contributed by atoms with van der Waals surface area (Å²) < 4.78 is 0. The molecule has 1 aromatic rings. The molecule has 0 aliphatic carbocycles. The zero-order valence-electron chi connectivity index (χ0n) is 12.8. The van der Waals surface area contributed by atoms with Crippen LogP contribution in [-0.4, -0.2) is 36.0 Å². The number of nitrogens with zero attached hydrogens (tertiary/aromatic N) is 1. The number of carbonyl (C=O) groups is 1. The summed E-state index contributed by atoms with van der Waals surface area (Å²) in [6.45, 7) is 5.82. The molecular weight excluding hydrogens is 286 g/mol. The van der Waals surface area contributed by atoms with Crippen molar-refractivity contribution in [2.45, 2.75) is 44.8 Å². The van der Waals surface area contributed by atoms with Crippen LogP contribution < -0.4 is 11.1 Å². The predicted octanol–water partition coefficient (Wildman–Crippen LogP) is 2.10. The van der Waals surface area contributed by atoms with E-state index in [-0.39, 0.29) is 24.4 Å². The smallest absolute Gasteiger partial charge is 0.222 e. The molecule has 3 N–H and O–H groups in total. The largest absolute Gasteiger partial charge is 0.340 e. The summed E-state index contributed by atoms with van der Waals surface area (Å²) in [5, 5.41) is 3.44. The molecule has 5 heteroatoms. The minimum Gasteiger partial charge on any atom is -0.340 e. The van der Waals surface area contributed by atoms with Crippen LogP contribution in [0.5, 0.6) is 0 Å². The molecule has 1 aliphatic rings. The molecule has 0 radical (unpaired) electrons. The number of hydrogen-bond acceptors (Lipinski definition) is 3. The van der Waals surface area contributed by atoms with Crippen molar-refractivity contribution >= 4 is 18.3 Å². The van der Waals surface area contributed by atoms with Crippen LogP contribution >= 0.6 is 12.4 Å². The fourth-order valence-electron chi connectivity index (χ4n) is 2.83. The lowest BCUT2D eigenvalue weighted by Crippen LogP contribution is -2.55. The Morgan fingerprint density at radius 2 is 1.86 bits per heavy atom. The van der Waals surface area contributed by atoms with Crippen molar-refractivity contribution in [1.29, 1.82) is 0 Å². The van der Waals surface area contributed by atoms with Crippen LogP contribution in [0.15, 0.2) is 30.3 Å². The van der Waals surface area contributed by atoms with E-state index in [2.05, 4.69) is 19.2 Å². The second-order valence-electron chi connectivity index (χ2n) is 5.82. The molecule has 3 unspecified atom stereocenters. The molecule has 1 aliphatic heterocycles. The Morgan fingerprint density at radius 3 is 2.43 bits per heavy atom. The second-order valence-corrected chi connectivity index (χ2v) is 5.82. The molecule has 4 nitrogen and oxygen atoms in total. The van der Waals surface area contributed by atoms with E-state index in [1.807, 2.05) is 35.2 Å². The first kappa shape index (κ1) is 18.0. The van der Waals surface area contributed by atoms with Crippen LogP contribution in [0, 0.1) is 0 Å². The van der Waals surface area contributed by atoms with Crippen LogP contribution in [0.25, 0.3) is 0 Å². The number of nitrogens with two attached hydrogens (primary N) is 1. The highest BCUT2D eigenvalue weighted by Crippen LogP contribution is 2.16. The lowest BCUT2D eigenvalue weighted by molar-refractivity contribution is -0.133. The van der Waals surface area contributed by atoms with Gasteiger partial charge in [0.15, 0.2) is 0 Å². The average molecular weight is 312 g/mol. The number of rotatable bonds is 4. The number of carbonyl (C=O) groups excluding carboxylic acids is 1. The Bertz CT molecular complexity index is 430. The van der Waals surface area contributed by atoms with Gasteiger partial charge in [0.1, 0.15) is 0 Å². The van der Waals surface area contributed by atoms with Crippen molar-refractivity contribution < 1.29 is 4.79 Å². The third-order valence-corrected chi connectivity index (χ3v) is 3.81. The normalized spacial score (nSPS) is 23.3. The summed E-state index contributed by atoms with van der Waals surface area (Å²) in [6, 6.07) is 10.7. The lowest BCUT2D eigenvalue weighted by Gasteiger charge is -2.36. The molecule has 1 amide bonds. The van der Waals surface area contributed by atoms with Gasteiger partial charge in [-0.05, 0) is 25.8 Å². The zero-order valence-corrected chi connectivity index (χ0v) is 13.6. The standard InChI is InChI=1S/C16H25N3O.ClH/c1-12-10-19(11-13(2)18-12)16(20)9-8-15(17)14-6-4-3-5-7-14;/h3-7,12-13,15,18H,8-11,17H2,1-2H3;1H. The monoisotopic (exact) mass is 311 g/mol. The van der Waals surface area contributed by atoms with Gasteiger partial charge in [-0.1, -0.05) is 30.3 Å². The SMILES string of the molecule is CC1CN(C(=O)CCC(N)c2ccccc2)CC(C)N1.Cl. The summed E-state index contributed by atoms with van der Waals surface area (Å²) in [6.07, 6.45) is 1.23. The lowest BCUT2D eigenvalue weighted by atomic mass is 10.0. The number of amides is 1. The van der Waals surface area contributed by atoms with E-state index in [0.717, 1.165) is 18.7 Å². The van der Waals surface area contributed by atoms with Crippen molar-refractivity contribution in [2.75, 3.05) is 13.1 Å². The molecule has 118 valence electrons. The minimum atomic E-state index is -0.0575. The minimum absolute atomic E-state index is 0. The van der Waals surface area contributed by atoms with E-state index >= 15 is 0 Å². The van der Waals surface area contributed by atoms with Gasteiger partial charge in [0.2, 0.25) is 5.91 Å². The molecular formula is C16H26ClN3O. The maximum absolute atomic E-state index is 12.3. The Labute approximate surface area is 133 Å². The third kappa shape index (κ3) is 5.30. The first-order valence-corrected chi connectivity index (χ1v) is 7.40. The van der Waals surface area contributed by atoms with Crippen LogP contribution in [0.2, 0.25) is 0 Å². The average Bonchev–Trinajstić information content (AvgIpc) is 2.44. The molecule has 21 heavy (non-hydrogen) atoms. The Kier molecular flexibility index (Phi) is 7.15. The van der Waals surface area contributed by atoms with Gasteiger partial charge in [-0.25, -0.2) is 0 Å². The van der Waals surface area contributed by atoms with Crippen LogP contribution in [-0.2, 0) is 4.79 Å². The van der Waals surface area contributed by atoms with E-state index in [1.54, 1.807) is 0 Å². The molecule has 2 rings (SSSR count). The van der Waals surface area contributed by atoms with Crippen molar-refractivity contribution in [3.8, 4) is 0 Å². The summed E-state index contributed by atoms with van der Waals surface area (Å²) >= 11 is 0. The summed E-state index contributed by atoms with van der Waals surface area (Å²) in [4.78, 5) is 14.2. The molecule has 1 aromatic carbocycles. The predicted molar refractivity (Wildman–Crippen MR) is 88.5 cm³/mol. The van der Waals surface area contributed by atoms with E-state index in [0.29, 0.717) is 24.9 Å². The Morgan fingerprint density at radius 1 is 1.29 bits per heavy atom. The Balaban J connectivity index is 0.00000220. The number of halogens is 1. The highest BCUT2D eigenvalue weighted by molar-refractivity contribution is 5.85. The van der Waals surface area contributed by atoms with Gasteiger partial charge < -0.3 is 16.0 Å². The van der Waals surface area contributed by atoms with Crippen LogP contribution in [0.1, 0.15) is 38.3 Å². The molecule has 0 spiro atoms. The van der Waals surface area contributed by atoms with Crippen molar-refractivity contribution in [3.05, 3.63) is 35.9 Å². The van der Waals surface area contributed by atoms with Crippen LogP contribution in [0.3, 0.4) is 0 Å². The molecule has 1 fully saturated rings. The van der Waals surface area contributed by atoms with Gasteiger partial charge in [0.05, 0.1) is 0 Å². The van der Waals surface area contributed by atoms with E-state index in [1.165, 1.54) is 0 Å². The van der Waals surface area contributed by atoms with Gasteiger partial charge in [-0.15, -0.1) is 12.4 Å². The first-order chi connectivity index (χ1) is 9.56. The van der Waals surface area contributed by atoms with E-state index in [4.69, 9.17) is 5.73 Å². The third-order valence-electron chi connectivity index (χ3n) is 3.81. The van der Waals surface area contributed by atoms with E-state index < -0.39 is 0 Å². The molecule has 0 aromatic heterocycles. The molecule has 1 saturated heterocycles. The van der Waals surface area contributed by atoms with Crippen molar-refractivity contribution in [2.24, 2.45) is 5.73 Å². The quantitative estimate of drug-likeness (QED) is 0.895. The molecule has 0 bridgehead atoms. The van der Waals surface area contributed by atoms with Gasteiger partial charge in [-0.2, -0.15) is 0 Å². The zero-order chi connectivity index (χ0) is 14.5. The van der Waals surface area contributed by atoms with Gasteiger partial charge >= 0.3 is 0 Å². The first-order valence-electron chi connectivity index (χ1n) is 7.40. The second kappa shape index (κ2) is 8.37. The number of hydrogen-bond donors (Lipinski definition) is 2. The van der Waals surface area contributed by atoms with Gasteiger partial charge in [-0.3, -0.25) is 4.79 Å². The highest BCUT2D eigenvalue weighted by Gasteiger charge is 2.24. The highest BCUT2D eigenvalue weighted by atomic mass is 35.5. The molecule has 0 saturated carbocycles. The maximum Gasteiger partial charge on any atom is 0.222 e. The van der Waals surface area contributed by atoms with Crippen molar-refractivity contribution in [3.63, 3.8) is 0 Å². The number of piperazine rings is 1. The maximum atomic E-state index is 12.3.